The smallest absolute Gasteiger partial charge is 0.387 e. The van der Waals surface area contributed by atoms with Crippen molar-refractivity contribution in [2.45, 2.75) is 32.4 Å². The maximum atomic E-state index is 13.2. The maximum absolute atomic E-state index is 13.2. The molecule has 2 N–H and O–H groups in total. The van der Waals surface area contributed by atoms with Gasteiger partial charge in [-0.25, -0.2) is 4.98 Å². The number of benzene rings is 1. The number of hydrogen-bond donors (Lipinski definition) is 2. The summed E-state index contributed by atoms with van der Waals surface area (Å²) in [6.07, 6.45) is 3.57. The zero-order chi connectivity index (χ0) is 26.4. The van der Waals surface area contributed by atoms with Crippen molar-refractivity contribution in [3.8, 4) is 17.0 Å². The first-order valence-corrected chi connectivity index (χ1v) is 12.7. The van der Waals surface area contributed by atoms with Gasteiger partial charge in [0.1, 0.15) is 22.3 Å². The van der Waals surface area contributed by atoms with E-state index in [4.69, 9.17) is 21.3 Å². The standard InChI is InChI=1S/C24H31ClF2N6O2S/c1-6-16(20(28-2)29-3)21(34)31-22-19(17-13-14(25)7-8-18(17)35-23(26)27)30-24(36-22)33-11-9-15(10-12-33)32(4)5/h6-8,13,15,23H,9-12H2,1-5H3,(H,28,29)(H,31,34)/b16-6+. The summed E-state index contributed by atoms with van der Waals surface area (Å²) in [4.78, 5) is 26.4. The average molecular weight is 541 g/mol. The highest BCUT2D eigenvalue weighted by molar-refractivity contribution is 7.20. The number of halogens is 3. The molecular weight excluding hydrogens is 510 g/mol. The van der Waals surface area contributed by atoms with Gasteiger partial charge in [-0.05, 0) is 52.1 Å². The Morgan fingerprint density at radius 3 is 2.61 bits per heavy atom. The lowest BCUT2D eigenvalue weighted by Crippen LogP contribution is -2.41. The summed E-state index contributed by atoms with van der Waals surface area (Å²) < 4.78 is 31.1. The molecule has 1 amide bonds. The number of anilines is 2. The van der Waals surface area contributed by atoms with Gasteiger partial charge in [0, 0.05) is 43.8 Å². The number of piperidine rings is 1. The minimum atomic E-state index is -3.03. The minimum Gasteiger partial charge on any atom is -0.434 e. The zero-order valence-corrected chi connectivity index (χ0v) is 22.5. The van der Waals surface area contributed by atoms with Gasteiger partial charge in [-0.3, -0.25) is 9.79 Å². The Bertz CT molecular complexity index is 1130. The number of rotatable bonds is 8. The van der Waals surface area contributed by atoms with Crippen molar-refractivity contribution in [3.63, 3.8) is 0 Å². The molecule has 0 bridgehead atoms. The number of carbonyl (C=O) groups excluding carboxylic acids is 1. The number of thiazole rings is 1. The number of amides is 1. The second-order valence-electron chi connectivity index (χ2n) is 8.35. The highest BCUT2D eigenvalue weighted by atomic mass is 35.5. The number of aromatic nitrogens is 1. The van der Waals surface area contributed by atoms with Gasteiger partial charge in [-0.2, -0.15) is 8.78 Å². The number of ether oxygens (including phenoxy) is 1. The summed E-state index contributed by atoms with van der Waals surface area (Å²) in [7, 11) is 7.39. The molecule has 36 heavy (non-hydrogen) atoms. The van der Waals surface area contributed by atoms with Crippen LogP contribution in [0.4, 0.5) is 18.9 Å². The molecule has 0 atom stereocenters. The van der Waals surface area contributed by atoms with E-state index in [9.17, 15) is 13.6 Å². The molecule has 1 aliphatic heterocycles. The van der Waals surface area contributed by atoms with E-state index in [0.29, 0.717) is 38.3 Å². The van der Waals surface area contributed by atoms with Crippen LogP contribution in [-0.2, 0) is 4.79 Å². The van der Waals surface area contributed by atoms with Crippen molar-refractivity contribution in [3.05, 3.63) is 34.9 Å². The van der Waals surface area contributed by atoms with E-state index in [0.717, 1.165) is 25.9 Å². The van der Waals surface area contributed by atoms with E-state index >= 15 is 0 Å². The Morgan fingerprint density at radius 1 is 1.36 bits per heavy atom. The largest absolute Gasteiger partial charge is 0.434 e. The van der Waals surface area contributed by atoms with Crippen molar-refractivity contribution in [1.29, 1.82) is 0 Å². The summed E-state index contributed by atoms with van der Waals surface area (Å²) in [6.45, 7) is 0.272. The molecule has 0 spiro atoms. The Labute approximate surface area is 219 Å². The summed E-state index contributed by atoms with van der Waals surface area (Å²) in [6, 6.07) is 4.83. The molecule has 196 valence electrons. The molecule has 1 aromatic heterocycles. The molecule has 12 heteroatoms. The number of carbonyl (C=O) groups is 1. The first-order valence-electron chi connectivity index (χ1n) is 11.5. The van der Waals surface area contributed by atoms with E-state index in [1.807, 2.05) is 0 Å². The number of alkyl halides is 2. The van der Waals surface area contributed by atoms with Gasteiger partial charge in [0.05, 0.1) is 5.57 Å². The fourth-order valence-electron chi connectivity index (χ4n) is 4.08. The van der Waals surface area contributed by atoms with Crippen LogP contribution in [0.1, 0.15) is 19.8 Å². The van der Waals surface area contributed by atoms with Crippen molar-refractivity contribution in [1.82, 2.24) is 15.2 Å². The molecule has 0 saturated carbocycles. The third-order valence-corrected chi connectivity index (χ3v) is 7.24. The van der Waals surface area contributed by atoms with Crippen LogP contribution < -0.4 is 20.3 Å². The van der Waals surface area contributed by atoms with Crippen LogP contribution in [-0.4, -0.2) is 75.6 Å². The maximum Gasteiger partial charge on any atom is 0.387 e. The van der Waals surface area contributed by atoms with Crippen LogP contribution >= 0.6 is 22.9 Å². The highest BCUT2D eigenvalue weighted by Gasteiger charge is 2.27. The minimum absolute atomic E-state index is 0.0784. The van der Waals surface area contributed by atoms with Crippen LogP contribution in [0.5, 0.6) is 5.75 Å². The lowest BCUT2D eigenvalue weighted by Gasteiger charge is -2.35. The average Bonchev–Trinajstić information content (AvgIpc) is 3.26. The topological polar surface area (TPSA) is 82.1 Å². The van der Waals surface area contributed by atoms with Crippen LogP contribution in [0.25, 0.3) is 11.3 Å². The first-order chi connectivity index (χ1) is 17.2. The number of hydrogen-bond acceptors (Lipinski definition) is 7. The number of allylic oxidation sites excluding steroid dienone is 1. The Balaban J connectivity index is 2.04. The summed E-state index contributed by atoms with van der Waals surface area (Å²) in [5, 5.41) is 7.21. The van der Waals surface area contributed by atoms with Gasteiger partial charge >= 0.3 is 6.61 Å². The van der Waals surface area contributed by atoms with Gasteiger partial charge in [0.25, 0.3) is 5.91 Å². The summed E-state index contributed by atoms with van der Waals surface area (Å²) in [5.74, 6) is -0.0737. The van der Waals surface area contributed by atoms with E-state index in [-0.39, 0.29) is 11.3 Å². The van der Waals surface area contributed by atoms with E-state index < -0.39 is 12.5 Å². The molecular formula is C24H31ClF2N6O2S. The van der Waals surface area contributed by atoms with Crippen LogP contribution in [0, 0.1) is 0 Å². The van der Waals surface area contributed by atoms with Gasteiger partial charge < -0.3 is 25.2 Å². The molecule has 0 unspecified atom stereocenters. The fraction of sp³-hybridized carbons (Fsp3) is 0.458. The molecule has 8 nitrogen and oxygen atoms in total. The molecule has 1 aromatic carbocycles. The van der Waals surface area contributed by atoms with E-state index in [1.165, 1.54) is 29.5 Å². The van der Waals surface area contributed by atoms with Crippen LogP contribution in [0.3, 0.4) is 0 Å². The van der Waals surface area contributed by atoms with E-state index in [1.54, 1.807) is 27.1 Å². The molecule has 0 radical (unpaired) electrons. The molecule has 1 aliphatic rings. The number of aliphatic imine (C=N–C) groups is 1. The SMILES string of the molecule is C/C=C(/C(=O)Nc1sc(N2CCC(N(C)C)CC2)nc1-c1cc(Cl)ccc1OC(F)F)C(=NC)NC. The fourth-order valence-corrected chi connectivity index (χ4v) is 5.28. The summed E-state index contributed by atoms with van der Waals surface area (Å²) in [5.41, 5.74) is 0.915. The lowest BCUT2D eigenvalue weighted by molar-refractivity contribution is -0.112. The lowest BCUT2D eigenvalue weighted by atomic mass is 10.0. The van der Waals surface area contributed by atoms with Gasteiger partial charge in [0.15, 0.2) is 5.13 Å². The summed E-state index contributed by atoms with van der Waals surface area (Å²) >= 11 is 7.49. The van der Waals surface area contributed by atoms with E-state index in [2.05, 4.69) is 39.5 Å². The van der Waals surface area contributed by atoms with Gasteiger partial charge in [-0.1, -0.05) is 29.0 Å². The van der Waals surface area contributed by atoms with Gasteiger partial charge in [-0.15, -0.1) is 0 Å². The molecule has 3 rings (SSSR count). The monoisotopic (exact) mass is 540 g/mol. The normalized spacial score (nSPS) is 15.6. The third-order valence-electron chi connectivity index (χ3n) is 5.97. The van der Waals surface area contributed by atoms with Crippen molar-refractivity contribution < 1.29 is 18.3 Å². The predicted molar refractivity (Wildman–Crippen MR) is 143 cm³/mol. The first kappa shape index (κ1) is 27.8. The Morgan fingerprint density at radius 2 is 2.06 bits per heavy atom. The van der Waals surface area contributed by atoms with Crippen LogP contribution in [0.15, 0.2) is 34.8 Å². The molecule has 1 fully saturated rings. The van der Waals surface area contributed by atoms with Crippen LogP contribution in [0.2, 0.25) is 5.02 Å². The zero-order valence-electron chi connectivity index (χ0n) is 20.9. The Kier molecular flexibility index (Phi) is 9.63. The molecule has 1 saturated heterocycles. The van der Waals surface area contributed by atoms with Gasteiger partial charge in [0.2, 0.25) is 0 Å². The highest BCUT2D eigenvalue weighted by Crippen LogP contribution is 2.43. The number of nitrogens with zero attached hydrogens (tertiary/aromatic N) is 4. The second kappa shape index (κ2) is 12.5. The second-order valence-corrected chi connectivity index (χ2v) is 9.77. The number of likely N-dealkylation sites (N-methyl/N-ethyl adjacent to an activating group) is 1. The predicted octanol–water partition coefficient (Wildman–Crippen LogP) is 4.73. The molecule has 2 heterocycles. The quantitative estimate of drug-likeness (QED) is 0.286. The molecule has 0 aliphatic carbocycles. The number of nitrogens with one attached hydrogen (secondary N) is 2. The van der Waals surface area contributed by atoms with Crippen molar-refractivity contribution >= 4 is 44.8 Å². The van der Waals surface area contributed by atoms with Crippen molar-refractivity contribution in [2.24, 2.45) is 4.99 Å². The third kappa shape index (κ3) is 6.51. The Hall–Kier alpha value is -2.76. The number of amidine groups is 1. The molecule has 2 aromatic rings. The van der Waals surface area contributed by atoms with Crippen molar-refractivity contribution in [2.75, 3.05) is 51.5 Å².